The lowest BCUT2D eigenvalue weighted by molar-refractivity contribution is 0.120. The Morgan fingerprint density at radius 3 is 2.68 bits per heavy atom. The van der Waals surface area contributed by atoms with E-state index in [2.05, 4.69) is 10.3 Å². The molecule has 1 saturated heterocycles. The third-order valence-electron chi connectivity index (χ3n) is 5.20. The number of nitrogens with zero attached hydrogens (tertiary/aromatic N) is 3. The number of ether oxygens (including phenoxy) is 1. The number of carboxylic acid groups (broad SMARTS) is 1. The molecule has 2 aromatic rings. The molecule has 2 N–H and O–H groups in total. The highest BCUT2D eigenvalue weighted by Crippen LogP contribution is 2.34. The topological polar surface area (TPSA) is 96.7 Å². The van der Waals surface area contributed by atoms with Gasteiger partial charge >= 0.3 is 11.8 Å². The number of fused-ring (bicyclic) bond motifs is 1. The van der Waals surface area contributed by atoms with Crippen LogP contribution in [0.3, 0.4) is 0 Å². The maximum absolute atomic E-state index is 13.3. The van der Waals surface area contributed by atoms with Gasteiger partial charge in [-0.25, -0.2) is 18.4 Å². The van der Waals surface area contributed by atoms with E-state index in [1.54, 1.807) is 6.07 Å². The lowest BCUT2D eigenvalue weighted by Crippen LogP contribution is -2.50. The number of piperidine rings is 1. The molecule has 1 spiro atoms. The third kappa shape index (κ3) is 3.37. The van der Waals surface area contributed by atoms with E-state index >= 15 is 0 Å². The van der Waals surface area contributed by atoms with Crippen molar-refractivity contribution in [2.24, 2.45) is 0 Å². The molecule has 2 aliphatic heterocycles. The summed E-state index contributed by atoms with van der Waals surface area (Å²) in [5.74, 6) is -1.29. The number of carbonyl (C=O) groups is 1. The van der Waals surface area contributed by atoms with Gasteiger partial charge in [-0.3, -0.25) is 4.57 Å². The molecule has 2 aliphatic rings. The van der Waals surface area contributed by atoms with Crippen LogP contribution < -0.4 is 15.7 Å². The van der Waals surface area contributed by atoms with Gasteiger partial charge in [-0.05, 0) is 30.5 Å². The molecule has 1 aromatic carbocycles. The molecule has 148 valence electrons. The molecular formula is C18H18F2N4O4. The molecule has 8 nitrogen and oxygen atoms in total. The highest BCUT2D eigenvalue weighted by molar-refractivity contribution is 5.65. The molecule has 0 saturated carbocycles. The van der Waals surface area contributed by atoms with Crippen LogP contribution in [-0.4, -0.2) is 44.3 Å². The molecule has 0 unspecified atom stereocenters. The normalized spacial score (nSPS) is 17.3. The van der Waals surface area contributed by atoms with Gasteiger partial charge in [-0.1, -0.05) is 6.07 Å². The molecule has 1 aromatic heterocycles. The summed E-state index contributed by atoms with van der Waals surface area (Å²) in [5, 5.41) is 12.4. The predicted molar refractivity (Wildman–Crippen MR) is 94.4 cm³/mol. The summed E-state index contributed by atoms with van der Waals surface area (Å²) >= 11 is 0. The van der Waals surface area contributed by atoms with E-state index in [0.29, 0.717) is 43.9 Å². The maximum Gasteiger partial charge on any atom is 0.407 e. The lowest BCUT2D eigenvalue weighted by Gasteiger charge is -2.37. The SMILES string of the molecule is O=C(O)N1CCC2(CC1)Cn1c(cc(OCc3ccc(F)c(F)c3)nc1=O)N2. The standard InChI is InChI=1S/C18H18F2N4O4/c19-12-2-1-11(7-13(12)20)9-28-15-8-14-22-18(10-24(14)16(25)21-15)3-5-23(6-4-18)17(26)27/h1-2,7-8,22H,3-6,9-10H2,(H,26,27). The van der Waals surface area contributed by atoms with Crippen molar-refractivity contribution in [3.05, 3.63) is 51.9 Å². The van der Waals surface area contributed by atoms with Gasteiger partial charge in [0.1, 0.15) is 12.4 Å². The van der Waals surface area contributed by atoms with Gasteiger partial charge in [0.25, 0.3) is 0 Å². The number of rotatable bonds is 3. The molecule has 0 atom stereocenters. The van der Waals surface area contributed by atoms with E-state index in [0.717, 1.165) is 12.1 Å². The van der Waals surface area contributed by atoms with Crippen LogP contribution in [0.15, 0.2) is 29.1 Å². The summed E-state index contributed by atoms with van der Waals surface area (Å²) in [7, 11) is 0. The average molecular weight is 392 g/mol. The van der Waals surface area contributed by atoms with Crippen molar-refractivity contribution in [2.45, 2.75) is 31.5 Å². The second-order valence-electron chi connectivity index (χ2n) is 7.06. The van der Waals surface area contributed by atoms with Gasteiger partial charge in [0.05, 0.1) is 12.1 Å². The number of hydrogen-bond donors (Lipinski definition) is 2. The van der Waals surface area contributed by atoms with E-state index in [1.165, 1.54) is 15.5 Å². The molecule has 4 rings (SSSR count). The Hall–Kier alpha value is -3.17. The van der Waals surface area contributed by atoms with E-state index in [4.69, 9.17) is 9.84 Å². The molecule has 28 heavy (non-hydrogen) atoms. The van der Waals surface area contributed by atoms with Crippen molar-refractivity contribution < 1.29 is 23.4 Å². The highest BCUT2D eigenvalue weighted by Gasteiger charge is 2.41. The number of hydrogen-bond acceptors (Lipinski definition) is 5. The molecule has 1 amide bonds. The summed E-state index contributed by atoms with van der Waals surface area (Å²) in [5.41, 5.74) is -0.465. The van der Waals surface area contributed by atoms with Crippen molar-refractivity contribution in [2.75, 3.05) is 18.4 Å². The number of aromatic nitrogens is 2. The van der Waals surface area contributed by atoms with Crippen molar-refractivity contribution in [1.29, 1.82) is 0 Å². The van der Waals surface area contributed by atoms with E-state index in [9.17, 15) is 18.4 Å². The quantitative estimate of drug-likeness (QED) is 0.830. The number of amides is 1. The second-order valence-corrected chi connectivity index (χ2v) is 7.06. The number of anilines is 1. The minimum Gasteiger partial charge on any atom is -0.473 e. The molecule has 0 aliphatic carbocycles. The largest absolute Gasteiger partial charge is 0.473 e. The molecule has 0 bridgehead atoms. The Balaban J connectivity index is 1.47. The second kappa shape index (κ2) is 6.77. The molecule has 10 heteroatoms. The summed E-state index contributed by atoms with van der Waals surface area (Å²) < 4.78 is 33.2. The average Bonchev–Trinajstić information content (AvgIpc) is 3.01. The van der Waals surface area contributed by atoms with Gasteiger partial charge in [0.15, 0.2) is 11.6 Å². The molecule has 0 radical (unpaired) electrons. The Morgan fingerprint density at radius 1 is 1.25 bits per heavy atom. The Morgan fingerprint density at radius 2 is 2.00 bits per heavy atom. The maximum atomic E-state index is 13.3. The van der Waals surface area contributed by atoms with Gasteiger partial charge in [0, 0.05) is 19.2 Å². The monoisotopic (exact) mass is 392 g/mol. The van der Waals surface area contributed by atoms with E-state index in [1.807, 2.05) is 0 Å². The number of nitrogens with one attached hydrogen (secondary N) is 1. The lowest BCUT2D eigenvalue weighted by atomic mass is 9.88. The fraction of sp³-hybridized carbons (Fsp3) is 0.389. The van der Waals surface area contributed by atoms with Crippen molar-refractivity contribution >= 4 is 11.9 Å². The fourth-order valence-electron chi connectivity index (χ4n) is 3.62. The van der Waals surface area contributed by atoms with Crippen LogP contribution in [0.25, 0.3) is 0 Å². The smallest absolute Gasteiger partial charge is 0.407 e. The number of benzene rings is 1. The van der Waals surface area contributed by atoms with E-state index < -0.39 is 29.0 Å². The van der Waals surface area contributed by atoms with Crippen molar-refractivity contribution in [3.63, 3.8) is 0 Å². The van der Waals surface area contributed by atoms with E-state index in [-0.39, 0.29) is 12.5 Å². The third-order valence-corrected chi connectivity index (χ3v) is 5.20. The highest BCUT2D eigenvalue weighted by atomic mass is 19.2. The zero-order valence-corrected chi connectivity index (χ0v) is 14.8. The fourth-order valence-corrected chi connectivity index (χ4v) is 3.62. The Bertz CT molecular complexity index is 986. The van der Waals surface area contributed by atoms with Crippen LogP contribution in [0.2, 0.25) is 0 Å². The zero-order chi connectivity index (χ0) is 19.9. The molecule has 1 fully saturated rings. The van der Waals surface area contributed by atoms with Crippen molar-refractivity contribution in [1.82, 2.24) is 14.5 Å². The number of halogens is 2. The first-order valence-electron chi connectivity index (χ1n) is 8.80. The van der Waals surface area contributed by atoms with Crippen LogP contribution in [-0.2, 0) is 13.2 Å². The first-order valence-corrected chi connectivity index (χ1v) is 8.80. The zero-order valence-electron chi connectivity index (χ0n) is 14.8. The van der Waals surface area contributed by atoms with Crippen LogP contribution in [0.4, 0.5) is 19.4 Å². The van der Waals surface area contributed by atoms with Crippen LogP contribution in [0.5, 0.6) is 5.88 Å². The predicted octanol–water partition coefficient (Wildman–Crippen LogP) is 2.04. The molecule has 3 heterocycles. The van der Waals surface area contributed by atoms with Crippen LogP contribution >= 0.6 is 0 Å². The Kier molecular flexibility index (Phi) is 4.40. The van der Waals surface area contributed by atoms with Gasteiger partial charge in [-0.15, -0.1) is 0 Å². The minimum atomic E-state index is -0.973. The molecular weight excluding hydrogens is 374 g/mol. The van der Waals surface area contributed by atoms with Gasteiger partial charge in [-0.2, -0.15) is 4.98 Å². The van der Waals surface area contributed by atoms with Gasteiger partial charge < -0.3 is 20.1 Å². The summed E-state index contributed by atoms with van der Waals surface area (Å²) in [6.07, 6.45) is 0.203. The van der Waals surface area contributed by atoms with Crippen molar-refractivity contribution in [3.8, 4) is 5.88 Å². The first kappa shape index (κ1) is 18.2. The minimum absolute atomic E-state index is 0.0637. The summed E-state index contributed by atoms with van der Waals surface area (Å²) in [6.45, 7) is 1.12. The van der Waals surface area contributed by atoms with Gasteiger partial charge in [0.2, 0.25) is 5.88 Å². The van der Waals surface area contributed by atoms with Crippen LogP contribution in [0.1, 0.15) is 18.4 Å². The summed E-state index contributed by atoms with van der Waals surface area (Å²) in [4.78, 5) is 28.7. The number of likely N-dealkylation sites (tertiary alicyclic amines) is 1. The first-order chi connectivity index (χ1) is 13.3. The van der Waals surface area contributed by atoms with Crippen LogP contribution in [0, 0.1) is 11.6 Å². The Labute approximate surface area is 158 Å². The summed E-state index contributed by atoms with van der Waals surface area (Å²) in [6, 6.07) is 5.01.